The molecule has 1 aromatic carbocycles. The molecule has 0 unspecified atom stereocenters. The molecule has 0 saturated carbocycles. The highest BCUT2D eigenvalue weighted by atomic mass is 32.2. The molecule has 1 amide bonds. The molecule has 2 aromatic rings. The molecular weight excluding hydrogens is 456 g/mol. The molecule has 0 radical (unpaired) electrons. The van der Waals surface area contributed by atoms with Crippen LogP contribution in [0.4, 0.5) is 5.00 Å². The molecule has 32 heavy (non-hydrogen) atoms. The summed E-state index contributed by atoms with van der Waals surface area (Å²) in [5.74, 6) is -2.06. The third-order valence-electron chi connectivity index (χ3n) is 4.78. The first-order chi connectivity index (χ1) is 15.1. The van der Waals surface area contributed by atoms with Crippen LogP contribution in [-0.2, 0) is 24.3 Å². The van der Waals surface area contributed by atoms with E-state index >= 15 is 0 Å². The number of thiophene rings is 1. The lowest BCUT2D eigenvalue weighted by Crippen LogP contribution is -2.30. The highest BCUT2D eigenvalue weighted by Crippen LogP contribution is 2.32. The number of hydrogen-bond acceptors (Lipinski definition) is 8. The Morgan fingerprint density at radius 1 is 1.09 bits per heavy atom. The van der Waals surface area contributed by atoms with E-state index in [0.717, 1.165) is 4.88 Å². The minimum atomic E-state index is -3.74. The third kappa shape index (κ3) is 5.53. The van der Waals surface area contributed by atoms with E-state index in [0.29, 0.717) is 23.7 Å². The molecule has 174 valence electrons. The first kappa shape index (κ1) is 25.5. The van der Waals surface area contributed by atoms with Gasteiger partial charge in [0.25, 0.3) is 5.91 Å². The van der Waals surface area contributed by atoms with Gasteiger partial charge >= 0.3 is 11.9 Å². The van der Waals surface area contributed by atoms with Crippen LogP contribution in [0, 0.1) is 13.8 Å². The minimum absolute atomic E-state index is 0.00379. The number of aryl methyl sites for hydroxylation is 1. The van der Waals surface area contributed by atoms with Crippen LogP contribution in [0.5, 0.6) is 0 Å². The summed E-state index contributed by atoms with van der Waals surface area (Å²) < 4.78 is 36.4. The van der Waals surface area contributed by atoms with Crippen LogP contribution in [0.15, 0.2) is 29.2 Å². The fourth-order valence-corrected chi connectivity index (χ4v) is 5.51. The van der Waals surface area contributed by atoms with Crippen LogP contribution in [-0.4, -0.2) is 57.4 Å². The van der Waals surface area contributed by atoms with Crippen LogP contribution in [0.1, 0.15) is 45.0 Å². The monoisotopic (exact) mass is 482 g/mol. The Labute approximate surface area is 191 Å². The normalized spacial score (nSPS) is 11.3. The number of nitrogens with zero attached hydrogens (tertiary/aromatic N) is 1. The quantitative estimate of drug-likeness (QED) is 0.546. The number of sulfonamides is 1. The van der Waals surface area contributed by atoms with E-state index < -0.39 is 34.5 Å². The molecule has 1 aromatic heterocycles. The molecule has 0 bridgehead atoms. The maximum Gasteiger partial charge on any atom is 0.341 e. The van der Waals surface area contributed by atoms with E-state index in [1.54, 1.807) is 27.7 Å². The van der Waals surface area contributed by atoms with Crippen LogP contribution in [0.25, 0.3) is 0 Å². The fraction of sp³-hybridized carbons (Fsp3) is 0.381. The Morgan fingerprint density at radius 3 is 2.34 bits per heavy atom. The van der Waals surface area contributed by atoms with Crippen molar-refractivity contribution in [3.8, 4) is 0 Å². The highest BCUT2D eigenvalue weighted by Gasteiger charge is 2.24. The molecule has 0 saturated heterocycles. The van der Waals surface area contributed by atoms with Gasteiger partial charge in [-0.15, -0.1) is 11.3 Å². The molecule has 0 aliphatic carbocycles. The van der Waals surface area contributed by atoms with Crippen molar-refractivity contribution in [2.45, 2.75) is 32.6 Å². The summed E-state index contributed by atoms with van der Waals surface area (Å²) in [6.45, 7) is 6.97. The van der Waals surface area contributed by atoms with Crippen molar-refractivity contribution in [2.75, 3.05) is 32.1 Å². The summed E-state index contributed by atoms with van der Waals surface area (Å²) in [6, 6.07) is 5.46. The molecule has 0 spiro atoms. The van der Waals surface area contributed by atoms with E-state index in [4.69, 9.17) is 9.47 Å². The van der Waals surface area contributed by atoms with Crippen LogP contribution >= 0.6 is 11.3 Å². The number of nitrogens with one attached hydrogen (secondary N) is 1. The van der Waals surface area contributed by atoms with Crippen molar-refractivity contribution >= 4 is 44.2 Å². The number of rotatable bonds is 9. The summed E-state index contributed by atoms with van der Waals surface area (Å²) in [6.07, 6.45) is 0. The number of carbonyl (C=O) groups is 3. The predicted octanol–water partition coefficient (Wildman–Crippen LogP) is 2.98. The zero-order valence-electron chi connectivity index (χ0n) is 18.6. The number of carbonyl (C=O) groups excluding carboxylic acids is 3. The number of methoxy groups -OCH3 is 1. The standard InChI is InChI=1S/C21H26N2O7S2/c1-6-23(7-2)32(27,28)16-10-8-9-15(11-16)20(25)30-12-17(24)22-19-18(21(26)29-5)13(3)14(4)31-19/h8-11H,6-7,12H2,1-5H3,(H,22,24). The molecule has 9 nitrogen and oxygen atoms in total. The molecule has 0 fully saturated rings. The maximum atomic E-state index is 12.7. The number of amides is 1. The summed E-state index contributed by atoms with van der Waals surface area (Å²) in [5.41, 5.74) is 0.952. The lowest BCUT2D eigenvalue weighted by atomic mass is 10.1. The Bertz CT molecular complexity index is 1120. The molecule has 2 rings (SSSR count). The molecule has 0 atom stereocenters. The van der Waals surface area contributed by atoms with Crippen LogP contribution < -0.4 is 5.32 Å². The van der Waals surface area contributed by atoms with E-state index in [1.807, 2.05) is 0 Å². The summed E-state index contributed by atoms with van der Waals surface area (Å²) in [4.78, 5) is 37.5. The average molecular weight is 483 g/mol. The third-order valence-corrected chi connectivity index (χ3v) is 7.94. The molecule has 1 N–H and O–H groups in total. The Kier molecular flexibility index (Phi) is 8.53. The van der Waals surface area contributed by atoms with E-state index in [2.05, 4.69) is 5.32 Å². The van der Waals surface area contributed by atoms with Crippen molar-refractivity contribution < 1.29 is 32.3 Å². The lowest BCUT2D eigenvalue weighted by molar-refractivity contribution is -0.119. The van der Waals surface area contributed by atoms with E-state index in [1.165, 1.54) is 47.0 Å². The maximum absolute atomic E-state index is 12.7. The van der Waals surface area contributed by atoms with Crippen LogP contribution in [0.2, 0.25) is 0 Å². The van der Waals surface area contributed by atoms with Gasteiger partial charge in [-0.05, 0) is 37.6 Å². The predicted molar refractivity (Wildman–Crippen MR) is 121 cm³/mol. The van der Waals surface area contributed by atoms with Crippen molar-refractivity contribution in [2.24, 2.45) is 0 Å². The number of esters is 2. The SMILES string of the molecule is CCN(CC)S(=O)(=O)c1cccc(C(=O)OCC(=O)Nc2sc(C)c(C)c2C(=O)OC)c1. The summed E-state index contributed by atoms with van der Waals surface area (Å²) in [7, 11) is -2.50. The number of ether oxygens (including phenoxy) is 2. The summed E-state index contributed by atoms with van der Waals surface area (Å²) >= 11 is 1.21. The van der Waals surface area contributed by atoms with Crippen molar-refractivity contribution in [3.63, 3.8) is 0 Å². The van der Waals surface area contributed by atoms with Gasteiger partial charge in [0.1, 0.15) is 5.00 Å². The zero-order chi connectivity index (χ0) is 24.1. The number of anilines is 1. The van der Waals surface area contributed by atoms with Crippen LogP contribution in [0.3, 0.4) is 0 Å². The van der Waals surface area contributed by atoms with Gasteiger partial charge in [-0.2, -0.15) is 4.31 Å². The Hall–Kier alpha value is -2.76. The first-order valence-electron chi connectivity index (χ1n) is 9.82. The molecule has 1 heterocycles. The smallest absolute Gasteiger partial charge is 0.341 e. The van der Waals surface area contributed by atoms with E-state index in [-0.39, 0.29) is 16.0 Å². The second-order valence-electron chi connectivity index (χ2n) is 6.72. The van der Waals surface area contributed by atoms with Crippen molar-refractivity contribution in [1.82, 2.24) is 4.31 Å². The second kappa shape index (κ2) is 10.7. The zero-order valence-corrected chi connectivity index (χ0v) is 20.2. The van der Waals surface area contributed by atoms with Crippen molar-refractivity contribution in [1.29, 1.82) is 0 Å². The van der Waals surface area contributed by atoms with Gasteiger partial charge in [0.05, 0.1) is 23.1 Å². The van der Waals surface area contributed by atoms with Gasteiger partial charge < -0.3 is 14.8 Å². The molecule has 11 heteroatoms. The minimum Gasteiger partial charge on any atom is -0.465 e. The second-order valence-corrected chi connectivity index (χ2v) is 9.88. The topological polar surface area (TPSA) is 119 Å². The van der Waals surface area contributed by atoms with Gasteiger partial charge in [-0.3, -0.25) is 4.79 Å². The largest absolute Gasteiger partial charge is 0.465 e. The van der Waals surface area contributed by atoms with Gasteiger partial charge in [0.2, 0.25) is 10.0 Å². The molecular formula is C21H26N2O7S2. The molecule has 0 aliphatic heterocycles. The lowest BCUT2D eigenvalue weighted by Gasteiger charge is -2.18. The highest BCUT2D eigenvalue weighted by molar-refractivity contribution is 7.89. The number of benzene rings is 1. The van der Waals surface area contributed by atoms with Gasteiger partial charge in [-0.25, -0.2) is 18.0 Å². The first-order valence-corrected chi connectivity index (χ1v) is 12.1. The Morgan fingerprint density at radius 2 is 1.75 bits per heavy atom. The van der Waals surface area contributed by atoms with Gasteiger partial charge in [0, 0.05) is 18.0 Å². The average Bonchev–Trinajstić information content (AvgIpc) is 3.05. The van der Waals surface area contributed by atoms with E-state index in [9.17, 15) is 22.8 Å². The molecule has 0 aliphatic rings. The van der Waals surface area contributed by atoms with Gasteiger partial charge in [-0.1, -0.05) is 19.9 Å². The Balaban J connectivity index is 2.10. The van der Waals surface area contributed by atoms with Gasteiger partial charge in [0.15, 0.2) is 6.61 Å². The van der Waals surface area contributed by atoms with Crippen molar-refractivity contribution in [3.05, 3.63) is 45.8 Å². The summed E-state index contributed by atoms with van der Waals surface area (Å²) in [5, 5.41) is 2.86. The fourth-order valence-electron chi connectivity index (χ4n) is 2.94. The number of hydrogen-bond donors (Lipinski definition) is 1.